The standard InChI is InChI=1S/C28H42N4O2/c1-5-10-27(23-12-11-21(6-2)22(7-3)19-23)30-24(8-4)20-26(29)28(34)31-25-13-16-32(17-14-25)15-9-18-33/h5,10-12,19-20,25,33H,1,6-9,13-18,29H2,2-4H3,(H,31,34)/b26-20-,27-10-,30-24+. The molecular weight excluding hydrogens is 424 g/mol. The maximum atomic E-state index is 12.7. The van der Waals surface area contributed by atoms with Gasteiger partial charge in [-0.05, 0) is 67.9 Å². The van der Waals surface area contributed by atoms with E-state index in [1.807, 2.05) is 13.0 Å². The van der Waals surface area contributed by atoms with Gasteiger partial charge in [-0.3, -0.25) is 9.79 Å². The Morgan fingerprint density at radius 3 is 2.53 bits per heavy atom. The van der Waals surface area contributed by atoms with Crippen molar-refractivity contribution in [3.05, 3.63) is 65.4 Å². The quantitative estimate of drug-likeness (QED) is 0.247. The lowest BCUT2D eigenvalue weighted by Gasteiger charge is -2.32. The Balaban J connectivity index is 2.11. The predicted molar refractivity (Wildman–Crippen MR) is 143 cm³/mol. The number of allylic oxidation sites excluding steroid dienone is 3. The second kappa shape index (κ2) is 14.5. The summed E-state index contributed by atoms with van der Waals surface area (Å²) in [5.41, 5.74) is 11.6. The monoisotopic (exact) mass is 466 g/mol. The van der Waals surface area contributed by atoms with Crippen LogP contribution in [0.3, 0.4) is 0 Å². The van der Waals surface area contributed by atoms with Crippen molar-refractivity contribution >= 4 is 17.3 Å². The second-order valence-electron chi connectivity index (χ2n) is 8.70. The zero-order chi connectivity index (χ0) is 24.9. The number of nitrogens with zero attached hydrogens (tertiary/aromatic N) is 2. The highest BCUT2D eigenvalue weighted by atomic mass is 16.3. The van der Waals surface area contributed by atoms with E-state index in [-0.39, 0.29) is 24.3 Å². The minimum atomic E-state index is -0.246. The molecule has 0 atom stereocenters. The van der Waals surface area contributed by atoms with Crippen molar-refractivity contribution in [2.45, 2.75) is 65.3 Å². The van der Waals surface area contributed by atoms with Gasteiger partial charge in [0.2, 0.25) is 0 Å². The molecule has 0 aliphatic carbocycles. The highest BCUT2D eigenvalue weighted by Gasteiger charge is 2.21. The van der Waals surface area contributed by atoms with E-state index in [2.05, 4.69) is 48.8 Å². The molecule has 1 amide bonds. The Morgan fingerprint density at radius 2 is 1.94 bits per heavy atom. The number of aliphatic hydroxyl groups is 1. The first-order valence-corrected chi connectivity index (χ1v) is 12.6. The number of rotatable bonds is 12. The number of carbonyl (C=O) groups excluding carboxylic acids is 1. The molecule has 1 aromatic rings. The molecule has 0 bridgehead atoms. The van der Waals surface area contributed by atoms with Gasteiger partial charge in [-0.25, -0.2) is 0 Å². The summed E-state index contributed by atoms with van der Waals surface area (Å²) in [6, 6.07) is 6.57. The molecule has 1 aromatic carbocycles. The van der Waals surface area contributed by atoms with Gasteiger partial charge in [0.15, 0.2) is 0 Å². The largest absolute Gasteiger partial charge is 0.396 e. The molecule has 6 nitrogen and oxygen atoms in total. The van der Waals surface area contributed by atoms with E-state index in [1.165, 1.54) is 11.1 Å². The minimum absolute atomic E-state index is 0.118. The van der Waals surface area contributed by atoms with Crippen molar-refractivity contribution in [1.29, 1.82) is 0 Å². The second-order valence-corrected chi connectivity index (χ2v) is 8.70. The number of piperidine rings is 1. The zero-order valence-electron chi connectivity index (χ0n) is 21.1. The lowest BCUT2D eigenvalue weighted by atomic mass is 9.98. The third-order valence-electron chi connectivity index (χ3n) is 6.31. The summed E-state index contributed by atoms with van der Waals surface area (Å²) < 4.78 is 0. The fraction of sp³-hybridized carbons (Fsp3) is 0.500. The Hall–Kier alpha value is -2.70. The van der Waals surface area contributed by atoms with Gasteiger partial charge in [0.05, 0.1) is 11.4 Å². The van der Waals surface area contributed by atoms with Crippen LogP contribution in [0.25, 0.3) is 5.70 Å². The van der Waals surface area contributed by atoms with Crippen LogP contribution in [0.4, 0.5) is 0 Å². The summed E-state index contributed by atoms with van der Waals surface area (Å²) in [5.74, 6) is -0.246. The molecule has 4 N–H and O–H groups in total. The van der Waals surface area contributed by atoms with E-state index in [1.54, 1.807) is 12.2 Å². The fourth-order valence-electron chi connectivity index (χ4n) is 4.25. The zero-order valence-corrected chi connectivity index (χ0v) is 21.1. The van der Waals surface area contributed by atoms with Crippen LogP contribution in [-0.2, 0) is 17.6 Å². The molecule has 2 rings (SSSR count). The molecule has 186 valence electrons. The maximum absolute atomic E-state index is 12.7. The summed E-state index contributed by atoms with van der Waals surface area (Å²) in [6.07, 6.45) is 10.5. The van der Waals surface area contributed by atoms with Crippen molar-refractivity contribution in [2.75, 3.05) is 26.2 Å². The molecule has 1 heterocycles. The first-order chi connectivity index (χ1) is 16.4. The number of amides is 1. The number of carbonyl (C=O) groups is 1. The Labute approximate surface area is 205 Å². The van der Waals surface area contributed by atoms with Crippen molar-refractivity contribution in [1.82, 2.24) is 10.2 Å². The lowest BCUT2D eigenvalue weighted by molar-refractivity contribution is -0.118. The molecule has 1 fully saturated rings. The molecule has 0 spiro atoms. The van der Waals surface area contributed by atoms with Crippen molar-refractivity contribution in [3.63, 3.8) is 0 Å². The third kappa shape index (κ3) is 8.26. The number of likely N-dealkylation sites (tertiary alicyclic amines) is 1. The molecule has 1 aliphatic rings. The van der Waals surface area contributed by atoms with Crippen LogP contribution in [0.15, 0.2) is 53.7 Å². The number of aryl methyl sites for hydroxylation is 2. The van der Waals surface area contributed by atoms with Crippen molar-refractivity contribution in [2.24, 2.45) is 10.7 Å². The number of nitrogens with one attached hydrogen (secondary N) is 1. The van der Waals surface area contributed by atoms with Gasteiger partial charge in [0, 0.05) is 43.6 Å². The molecule has 0 aromatic heterocycles. The van der Waals surface area contributed by atoms with Crippen LogP contribution in [0.1, 0.15) is 63.1 Å². The Kier molecular flexibility index (Phi) is 11.8. The average Bonchev–Trinajstić information content (AvgIpc) is 2.86. The molecular formula is C28H42N4O2. The SMILES string of the molecule is C=C\C=C(/N=C(/C=C(\N)C(=O)NC1CCN(CCCO)CC1)CC)c1ccc(CC)c(CC)c1. The number of nitrogens with two attached hydrogens (primary N) is 1. The number of aliphatic hydroxyl groups excluding tert-OH is 1. The van der Waals surface area contributed by atoms with Gasteiger partial charge in [-0.1, -0.05) is 45.6 Å². The smallest absolute Gasteiger partial charge is 0.267 e. The van der Waals surface area contributed by atoms with Gasteiger partial charge < -0.3 is 21.1 Å². The van der Waals surface area contributed by atoms with Crippen LogP contribution in [0.2, 0.25) is 0 Å². The topological polar surface area (TPSA) is 90.9 Å². The summed E-state index contributed by atoms with van der Waals surface area (Å²) >= 11 is 0. The van der Waals surface area contributed by atoms with Crippen LogP contribution in [-0.4, -0.2) is 53.9 Å². The average molecular weight is 467 g/mol. The highest BCUT2D eigenvalue weighted by Crippen LogP contribution is 2.22. The van der Waals surface area contributed by atoms with E-state index in [9.17, 15) is 4.79 Å². The van der Waals surface area contributed by atoms with E-state index in [0.717, 1.165) is 68.7 Å². The van der Waals surface area contributed by atoms with Gasteiger partial charge in [0.1, 0.15) is 0 Å². The van der Waals surface area contributed by atoms with Gasteiger partial charge in [-0.2, -0.15) is 0 Å². The summed E-state index contributed by atoms with van der Waals surface area (Å²) in [6.45, 7) is 13.1. The van der Waals surface area contributed by atoms with Crippen molar-refractivity contribution < 1.29 is 9.90 Å². The Bertz CT molecular complexity index is 909. The molecule has 1 aliphatic heterocycles. The fourth-order valence-corrected chi connectivity index (χ4v) is 4.25. The predicted octanol–water partition coefficient (Wildman–Crippen LogP) is 3.99. The lowest BCUT2D eigenvalue weighted by Crippen LogP contribution is -2.46. The van der Waals surface area contributed by atoms with E-state index < -0.39 is 0 Å². The van der Waals surface area contributed by atoms with Crippen LogP contribution < -0.4 is 11.1 Å². The summed E-state index contributed by atoms with van der Waals surface area (Å²) in [5, 5.41) is 12.1. The maximum Gasteiger partial charge on any atom is 0.267 e. The number of aliphatic imine (C=N–C) groups is 1. The highest BCUT2D eigenvalue weighted by molar-refractivity contribution is 6.05. The molecule has 6 heteroatoms. The van der Waals surface area contributed by atoms with Gasteiger partial charge in [0.25, 0.3) is 5.91 Å². The number of hydrogen-bond acceptors (Lipinski definition) is 5. The summed E-state index contributed by atoms with van der Waals surface area (Å²) in [7, 11) is 0. The summed E-state index contributed by atoms with van der Waals surface area (Å²) in [4.78, 5) is 19.9. The van der Waals surface area contributed by atoms with E-state index in [4.69, 9.17) is 15.8 Å². The molecule has 34 heavy (non-hydrogen) atoms. The van der Waals surface area contributed by atoms with Crippen molar-refractivity contribution in [3.8, 4) is 0 Å². The minimum Gasteiger partial charge on any atom is -0.396 e. The molecule has 0 unspecified atom stereocenters. The molecule has 0 saturated carbocycles. The third-order valence-corrected chi connectivity index (χ3v) is 6.31. The number of hydrogen-bond donors (Lipinski definition) is 3. The van der Waals surface area contributed by atoms with E-state index >= 15 is 0 Å². The van der Waals surface area contributed by atoms with E-state index in [0.29, 0.717) is 6.42 Å². The number of benzene rings is 1. The normalized spacial score (nSPS) is 16.5. The van der Waals surface area contributed by atoms with Crippen LogP contribution in [0, 0.1) is 0 Å². The van der Waals surface area contributed by atoms with Crippen LogP contribution in [0.5, 0.6) is 0 Å². The first kappa shape index (κ1) is 27.5. The molecule has 1 saturated heterocycles. The van der Waals surface area contributed by atoms with Crippen LogP contribution >= 0.6 is 0 Å². The first-order valence-electron chi connectivity index (χ1n) is 12.6. The van der Waals surface area contributed by atoms with Gasteiger partial charge in [-0.15, -0.1) is 0 Å². The van der Waals surface area contributed by atoms with Gasteiger partial charge >= 0.3 is 0 Å². The Morgan fingerprint density at radius 1 is 1.24 bits per heavy atom. The molecule has 0 radical (unpaired) electrons.